The number of nitrogens with zero attached hydrogens (tertiary/aromatic N) is 3. The first-order chi connectivity index (χ1) is 12.3. The number of ether oxygens (including phenoxy) is 1. The molecule has 1 aliphatic rings. The van der Waals surface area contributed by atoms with Gasteiger partial charge >= 0.3 is 5.97 Å². The Bertz CT molecular complexity index is 957. The van der Waals surface area contributed by atoms with Gasteiger partial charge in [-0.15, -0.1) is 0 Å². The number of aromatic nitrogens is 2. The summed E-state index contributed by atoms with van der Waals surface area (Å²) in [4.78, 5) is 16.3. The number of esters is 1. The van der Waals surface area contributed by atoms with Gasteiger partial charge in [-0.1, -0.05) is 48.5 Å². The number of hydrogen-bond donors (Lipinski definition) is 0. The molecule has 1 aliphatic heterocycles. The largest absolute Gasteiger partial charge is 0.402 e. The lowest BCUT2D eigenvalue weighted by Crippen LogP contribution is -2.04. The quantitative estimate of drug-likeness (QED) is 0.545. The number of rotatable bonds is 4. The minimum atomic E-state index is -0.449. The third-order valence-corrected chi connectivity index (χ3v) is 3.79. The molecule has 0 saturated heterocycles. The van der Waals surface area contributed by atoms with E-state index in [9.17, 15) is 4.79 Å². The van der Waals surface area contributed by atoms with E-state index >= 15 is 0 Å². The van der Waals surface area contributed by atoms with Crippen LogP contribution in [0.2, 0.25) is 0 Å². The lowest BCUT2D eigenvalue weighted by atomic mass is 10.2. The number of carbonyl (C=O) groups excluding carboxylic acids is 1. The molecule has 0 saturated carbocycles. The van der Waals surface area contributed by atoms with E-state index < -0.39 is 5.97 Å². The zero-order valence-electron chi connectivity index (χ0n) is 13.4. The first-order valence-electron chi connectivity index (χ1n) is 7.92. The first kappa shape index (κ1) is 15.1. The second kappa shape index (κ2) is 6.57. The molecule has 5 heteroatoms. The zero-order valence-corrected chi connectivity index (χ0v) is 13.4. The molecule has 0 atom stereocenters. The molecular weight excluding hydrogens is 314 g/mol. The normalized spacial score (nSPS) is 15.3. The van der Waals surface area contributed by atoms with E-state index in [1.54, 1.807) is 12.3 Å². The molecule has 0 bridgehead atoms. The minimum Gasteiger partial charge on any atom is -0.402 e. The monoisotopic (exact) mass is 329 g/mol. The van der Waals surface area contributed by atoms with Gasteiger partial charge in [0, 0.05) is 17.3 Å². The van der Waals surface area contributed by atoms with E-state index in [-0.39, 0.29) is 5.70 Å². The van der Waals surface area contributed by atoms with Crippen molar-refractivity contribution in [3.63, 3.8) is 0 Å². The van der Waals surface area contributed by atoms with Gasteiger partial charge in [0.1, 0.15) is 0 Å². The van der Waals surface area contributed by atoms with Crippen molar-refractivity contribution in [1.29, 1.82) is 0 Å². The smallest absolute Gasteiger partial charge is 0.363 e. The summed E-state index contributed by atoms with van der Waals surface area (Å²) >= 11 is 0. The Morgan fingerprint density at radius 1 is 1.00 bits per heavy atom. The van der Waals surface area contributed by atoms with Crippen molar-refractivity contribution < 1.29 is 9.53 Å². The highest BCUT2D eigenvalue weighted by atomic mass is 16.6. The van der Waals surface area contributed by atoms with Crippen molar-refractivity contribution >= 4 is 17.9 Å². The van der Waals surface area contributed by atoms with Gasteiger partial charge in [-0.05, 0) is 23.8 Å². The van der Waals surface area contributed by atoms with E-state index in [1.807, 2.05) is 71.5 Å². The number of hydrogen-bond acceptors (Lipinski definition) is 4. The average Bonchev–Trinajstić information content (AvgIpc) is 3.24. The first-order valence-corrected chi connectivity index (χ1v) is 7.92. The van der Waals surface area contributed by atoms with Crippen molar-refractivity contribution in [3.8, 4) is 0 Å². The molecule has 0 amide bonds. The van der Waals surface area contributed by atoms with Crippen molar-refractivity contribution in [1.82, 2.24) is 9.78 Å². The molecule has 4 rings (SSSR count). The van der Waals surface area contributed by atoms with Crippen LogP contribution >= 0.6 is 0 Å². The van der Waals surface area contributed by atoms with Crippen LogP contribution in [0.15, 0.2) is 83.7 Å². The summed E-state index contributed by atoms with van der Waals surface area (Å²) in [7, 11) is 0. The molecule has 1 aromatic heterocycles. The summed E-state index contributed by atoms with van der Waals surface area (Å²) in [6, 6.07) is 19.4. The summed E-state index contributed by atoms with van der Waals surface area (Å²) in [6.45, 7) is 0.674. The second-order valence-corrected chi connectivity index (χ2v) is 5.66. The Hall–Kier alpha value is -3.47. The van der Waals surface area contributed by atoms with Gasteiger partial charge in [0.2, 0.25) is 5.90 Å². The number of benzene rings is 2. The fourth-order valence-corrected chi connectivity index (χ4v) is 2.58. The Labute approximate surface area is 144 Å². The molecule has 0 spiro atoms. The molecule has 5 nitrogen and oxygen atoms in total. The molecule has 25 heavy (non-hydrogen) atoms. The number of carbonyl (C=O) groups is 1. The van der Waals surface area contributed by atoms with E-state index in [2.05, 4.69) is 10.1 Å². The Balaban J connectivity index is 1.55. The topological polar surface area (TPSA) is 56.5 Å². The van der Waals surface area contributed by atoms with Gasteiger partial charge < -0.3 is 4.74 Å². The standard InChI is InChI=1S/C20H15N3O2/c24-20-18(22-19(25-20)17-9-5-2-6-10-17)11-16-12-21-23(14-16)13-15-7-3-1-4-8-15/h1-12,14H,13H2/b18-11-. The van der Waals surface area contributed by atoms with Crippen LogP contribution in [0.25, 0.3) is 6.08 Å². The maximum Gasteiger partial charge on any atom is 0.363 e. The third-order valence-electron chi connectivity index (χ3n) is 3.79. The SMILES string of the molecule is O=C1OC(c2ccccc2)=N/C1=C\c1cnn(Cc2ccccc2)c1. The summed E-state index contributed by atoms with van der Waals surface area (Å²) in [6.07, 6.45) is 5.27. The van der Waals surface area contributed by atoms with Crippen LogP contribution in [0.1, 0.15) is 16.7 Å². The second-order valence-electron chi connectivity index (χ2n) is 5.66. The minimum absolute atomic E-state index is 0.276. The van der Waals surface area contributed by atoms with Crippen LogP contribution in [-0.4, -0.2) is 21.6 Å². The Morgan fingerprint density at radius 2 is 1.72 bits per heavy atom. The van der Waals surface area contributed by atoms with Crippen LogP contribution in [0, 0.1) is 0 Å². The van der Waals surface area contributed by atoms with Gasteiger partial charge in [0.25, 0.3) is 0 Å². The van der Waals surface area contributed by atoms with Crippen molar-refractivity contribution in [2.24, 2.45) is 4.99 Å². The summed E-state index contributed by atoms with van der Waals surface area (Å²) in [5.74, 6) is -0.122. The van der Waals surface area contributed by atoms with Crippen LogP contribution in [0.3, 0.4) is 0 Å². The molecular formula is C20H15N3O2. The van der Waals surface area contributed by atoms with Crippen LogP contribution in [0.5, 0.6) is 0 Å². The Morgan fingerprint density at radius 3 is 2.48 bits per heavy atom. The highest BCUT2D eigenvalue weighted by Crippen LogP contribution is 2.19. The third kappa shape index (κ3) is 3.40. The van der Waals surface area contributed by atoms with E-state index in [4.69, 9.17) is 4.74 Å². The van der Waals surface area contributed by atoms with Crippen LogP contribution in [0.4, 0.5) is 0 Å². The zero-order chi connectivity index (χ0) is 17.1. The fraction of sp³-hybridized carbons (Fsp3) is 0.0500. The van der Waals surface area contributed by atoms with Crippen molar-refractivity contribution in [2.75, 3.05) is 0 Å². The van der Waals surface area contributed by atoms with Crippen LogP contribution < -0.4 is 0 Å². The maximum absolute atomic E-state index is 12.0. The van der Waals surface area contributed by atoms with E-state index in [0.29, 0.717) is 12.4 Å². The molecule has 0 N–H and O–H groups in total. The van der Waals surface area contributed by atoms with Crippen molar-refractivity contribution in [3.05, 3.63) is 95.4 Å². The molecule has 0 unspecified atom stereocenters. The van der Waals surface area contributed by atoms with E-state index in [1.165, 1.54) is 0 Å². The summed E-state index contributed by atoms with van der Waals surface area (Å²) < 4.78 is 7.07. The highest BCUT2D eigenvalue weighted by Gasteiger charge is 2.24. The molecule has 2 heterocycles. The van der Waals surface area contributed by atoms with E-state index in [0.717, 1.165) is 16.7 Å². The Kier molecular flexibility index (Phi) is 3.96. The van der Waals surface area contributed by atoms with Gasteiger partial charge in [0.05, 0.1) is 12.7 Å². The number of aliphatic imine (C=N–C) groups is 1. The van der Waals surface area contributed by atoms with Crippen LogP contribution in [-0.2, 0) is 16.1 Å². The summed E-state index contributed by atoms with van der Waals surface area (Å²) in [5, 5.41) is 4.33. The molecule has 2 aromatic carbocycles. The number of cyclic esters (lactones) is 1. The lowest BCUT2D eigenvalue weighted by molar-refractivity contribution is -0.129. The van der Waals surface area contributed by atoms with Gasteiger partial charge in [-0.3, -0.25) is 4.68 Å². The van der Waals surface area contributed by atoms with Crippen molar-refractivity contribution in [2.45, 2.75) is 6.54 Å². The molecule has 0 fully saturated rings. The molecule has 3 aromatic rings. The lowest BCUT2D eigenvalue weighted by Gasteiger charge is -2.00. The molecule has 0 aliphatic carbocycles. The van der Waals surface area contributed by atoms with Gasteiger partial charge in [-0.25, -0.2) is 9.79 Å². The predicted molar refractivity (Wildman–Crippen MR) is 94.8 cm³/mol. The van der Waals surface area contributed by atoms with Gasteiger partial charge in [0.15, 0.2) is 5.70 Å². The molecule has 0 radical (unpaired) electrons. The highest BCUT2D eigenvalue weighted by molar-refractivity contribution is 6.12. The maximum atomic E-state index is 12.0. The van der Waals surface area contributed by atoms with Gasteiger partial charge in [-0.2, -0.15) is 5.10 Å². The summed E-state index contributed by atoms with van der Waals surface area (Å²) in [5.41, 5.74) is 3.02. The average molecular weight is 329 g/mol. The predicted octanol–water partition coefficient (Wildman–Crippen LogP) is 3.28. The fourth-order valence-electron chi connectivity index (χ4n) is 2.58. The molecule has 122 valence electrons.